The van der Waals surface area contributed by atoms with Gasteiger partial charge in [0.2, 0.25) is 0 Å². The molecule has 0 fully saturated rings. The Morgan fingerprint density at radius 3 is 2.41 bits per heavy atom. The summed E-state index contributed by atoms with van der Waals surface area (Å²) >= 11 is 12.1. The van der Waals surface area contributed by atoms with Crippen LogP contribution >= 0.6 is 23.2 Å². The standard InChI is InChI=1S/C25H28Cl2N4O3/c1-25(2,3)34-24(33)31-22-15-17(27)7-9-19(22)23(32)30-12-5-4-11-28-20-10-13-29-21-14-16(26)6-8-18(20)21/h6-10,13-15H,4-5,11-12H2,1-3H3,(H,28,29)(H,30,32)(H,31,33). The summed E-state index contributed by atoms with van der Waals surface area (Å²) < 4.78 is 5.27. The van der Waals surface area contributed by atoms with Crippen molar-refractivity contribution in [1.29, 1.82) is 0 Å². The monoisotopic (exact) mass is 502 g/mol. The highest BCUT2D eigenvalue weighted by Crippen LogP contribution is 2.25. The van der Waals surface area contributed by atoms with Crippen molar-refractivity contribution in [2.75, 3.05) is 23.7 Å². The van der Waals surface area contributed by atoms with Crippen molar-refractivity contribution in [2.45, 2.75) is 39.2 Å². The number of anilines is 2. The minimum absolute atomic E-state index is 0.297. The smallest absolute Gasteiger partial charge is 0.412 e. The van der Waals surface area contributed by atoms with Gasteiger partial charge in [-0.05, 0) is 76.1 Å². The van der Waals surface area contributed by atoms with E-state index in [0.717, 1.165) is 36.0 Å². The molecule has 0 aliphatic carbocycles. The van der Waals surface area contributed by atoms with Gasteiger partial charge in [0.25, 0.3) is 5.91 Å². The van der Waals surface area contributed by atoms with Gasteiger partial charge in [-0.1, -0.05) is 23.2 Å². The van der Waals surface area contributed by atoms with E-state index in [4.69, 9.17) is 27.9 Å². The molecule has 180 valence electrons. The Balaban J connectivity index is 1.49. The quantitative estimate of drug-likeness (QED) is 0.305. The fraction of sp³-hybridized carbons (Fsp3) is 0.320. The molecule has 3 aromatic rings. The predicted molar refractivity (Wildman–Crippen MR) is 138 cm³/mol. The van der Waals surface area contributed by atoms with Crippen LogP contribution in [0, 0.1) is 0 Å². The third-order valence-electron chi connectivity index (χ3n) is 4.77. The van der Waals surface area contributed by atoms with Gasteiger partial charge in [0.15, 0.2) is 0 Å². The van der Waals surface area contributed by atoms with Gasteiger partial charge in [-0.3, -0.25) is 15.1 Å². The second kappa shape index (κ2) is 11.4. The summed E-state index contributed by atoms with van der Waals surface area (Å²) in [5.41, 5.74) is 1.78. The van der Waals surface area contributed by atoms with Crippen LogP contribution in [-0.2, 0) is 4.74 Å². The number of pyridine rings is 1. The zero-order valence-electron chi connectivity index (χ0n) is 19.4. The zero-order chi connectivity index (χ0) is 24.7. The maximum absolute atomic E-state index is 12.7. The topological polar surface area (TPSA) is 92.3 Å². The van der Waals surface area contributed by atoms with Gasteiger partial charge in [-0.15, -0.1) is 0 Å². The van der Waals surface area contributed by atoms with Crippen molar-refractivity contribution in [3.63, 3.8) is 0 Å². The summed E-state index contributed by atoms with van der Waals surface area (Å²) in [5, 5.41) is 11.0. The number of aromatic nitrogens is 1. The molecule has 0 saturated carbocycles. The predicted octanol–water partition coefficient (Wildman–Crippen LogP) is 6.51. The zero-order valence-corrected chi connectivity index (χ0v) is 20.9. The lowest BCUT2D eigenvalue weighted by Gasteiger charge is -2.20. The number of carbonyl (C=O) groups excluding carboxylic acids is 2. The number of hydrogen-bond donors (Lipinski definition) is 3. The van der Waals surface area contributed by atoms with E-state index in [9.17, 15) is 9.59 Å². The first kappa shape index (κ1) is 25.6. The van der Waals surface area contributed by atoms with Crippen molar-refractivity contribution < 1.29 is 14.3 Å². The third kappa shape index (κ3) is 7.50. The Bertz CT molecular complexity index is 1180. The van der Waals surface area contributed by atoms with Gasteiger partial charge >= 0.3 is 6.09 Å². The molecule has 0 bridgehead atoms. The third-order valence-corrected chi connectivity index (χ3v) is 5.24. The average Bonchev–Trinajstić information content (AvgIpc) is 2.74. The van der Waals surface area contributed by atoms with Gasteiger partial charge in [-0.25, -0.2) is 4.79 Å². The summed E-state index contributed by atoms with van der Waals surface area (Å²) in [4.78, 5) is 29.2. The van der Waals surface area contributed by atoms with Gasteiger partial charge < -0.3 is 15.4 Å². The summed E-state index contributed by atoms with van der Waals surface area (Å²) in [6.07, 6.45) is 2.72. The van der Waals surface area contributed by atoms with Crippen molar-refractivity contribution in [3.8, 4) is 0 Å². The molecule has 3 N–H and O–H groups in total. The van der Waals surface area contributed by atoms with E-state index < -0.39 is 11.7 Å². The number of amides is 2. The van der Waals surface area contributed by atoms with Crippen LogP contribution in [0.15, 0.2) is 48.7 Å². The molecule has 0 radical (unpaired) electrons. The largest absolute Gasteiger partial charge is 0.444 e. The molecule has 9 heteroatoms. The Kier molecular flexibility index (Phi) is 8.58. The van der Waals surface area contributed by atoms with Crippen LogP contribution in [0.1, 0.15) is 44.0 Å². The highest BCUT2D eigenvalue weighted by molar-refractivity contribution is 6.31. The average molecular weight is 503 g/mol. The number of ether oxygens (including phenoxy) is 1. The van der Waals surface area contributed by atoms with Crippen LogP contribution in [0.4, 0.5) is 16.2 Å². The van der Waals surface area contributed by atoms with Crippen LogP contribution in [0.25, 0.3) is 10.9 Å². The van der Waals surface area contributed by atoms with E-state index in [1.54, 1.807) is 39.1 Å². The lowest BCUT2D eigenvalue weighted by molar-refractivity contribution is 0.0636. The van der Waals surface area contributed by atoms with Crippen LogP contribution in [0.5, 0.6) is 0 Å². The molecule has 0 saturated heterocycles. The number of nitrogens with one attached hydrogen (secondary N) is 3. The molecule has 0 atom stereocenters. The number of hydrogen-bond acceptors (Lipinski definition) is 5. The molecule has 7 nitrogen and oxygen atoms in total. The van der Waals surface area contributed by atoms with E-state index in [2.05, 4.69) is 20.9 Å². The van der Waals surface area contributed by atoms with Crippen molar-refractivity contribution in [3.05, 3.63) is 64.3 Å². The maximum Gasteiger partial charge on any atom is 0.412 e. The number of benzene rings is 2. The molecule has 34 heavy (non-hydrogen) atoms. The molecular formula is C25H28Cl2N4O3. The van der Waals surface area contributed by atoms with E-state index >= 15 is 0 Å². The lowest BCUT2D eigenvalue weighted by Crippen LogP contribution is -2.29. The van der Waals surface area contributed by atoms with Gasteiger partial charge in [-0.2, -0.15) is 0 Å². The number of rotatable bonds is 8. The second-order valence-corrected chi connectivity index (χ2v) is 9.60. The molecule has 1 heterocycles. The molecule has 1 aromatic heterocycles. The minimum Gasteiger partial charge on any atom is -0.444 e. The van der Waals surface area contributed by atoms with Gasteiger partial charge in [0.1, 0.15) is 5.60 Å². The highest BCUT2D eigenvalue weighted by Gasteiger charge is 2.19. The van der Waals surface area contributed by atoms with Crippen LogP contribution in [0.2, 0.25) is 10.0 Å². The van der Waals surface area contributed by atoms with E-state index in [1.165, 1.54) is 6.07 Å². The first-order valence-electron chi connectivity index (χ1n) is 11.0. The summed E-state index contributed by atoms with van der Waals surface area (Å²) in [6.45, 7) is 6.52. The Morgan fingerprint density at radius 1 is 0.941 bits per heavy atom. The van der Waals surface area contributed by atoms with Crippen LogP contribution in [-0.4, -0.2) is 35.7 Å². The van der Waals surface area contributed by atoms with Crippen LogP contribution in [0.3, 0.4) is 0 Å². The SMILES string of the molecule is CC(C)(C)OC(=O)Nc1cc(Cl)ccc1C(=O)NCCCCNc1ccnc2cc(Cl)ccc12. The minimum atomic E-state index is -0.658. The van der Waals surface area contributed by atoms with Crippen molar-refractivity contribution >= 4 is 57.5 Å². The molecule has 0 aliphatic rings. The molecule has 0 unspecified atom stereocenters. The van der Waals surface area contributed by atoms with Gasteiger partial charge in [0.05, 0.1) is 16.8 Å². The number of halogens is 2. The van der Waals surface area contributed by atoms with E-state index in [-0.39, 0.29) is 5.91 Å². The first-order chi connectivity index (χ1) is 16.1. The molecule has 0 aliphatic heterocycles. The van der Waals surface area contributed by atoms with Crippen molar-refractivity contribution in [1.82, 2.24) is 10.3 Å². The highest BCUT2D eigenvalue weighted by atomic mass is 35.5. The van der Waals surface area contributed by atoms with E-state index in [1.807, 2.05) is 24.3 Å². The molecular weight excluding hydrogens is 475 g/mol. The maximum atomic E-state index is 12.7. The molecule has 0 spiro atoms. The van der Waals surface area contributed by atoms with E-state index in [0.29, 0.717) is 27.8 Å². The Labute approximate surface area is 209 Å². The summed E-state index contributed by atoms with van der Waals surface area (Å²) in [7, 11) is 0. The lowest BCUT2D eigenvalue weighted by atomic mass is 10.1. The van der Waals surface area contributed by atoms with Gasteiger partial charge in [0, 0.05) is 40.4 Å². The number of fused-ring (bicyclic) bond motifs is 1. The van der Waals surface area contributed by atoms with Crippen molar-refractivity contribution in [2.24, 2.45) is 0 Å². The summed E-state index contributed by atoms with van der Waals surface area (Å²) in [6, 6.07) is 12.3. The summed E-state index contributed by atoms with van der Waals surface area (Å²) in [5.74, 6) is -0.298. The normalized spacial score (nSPS) is 11.2. The second-order valence-electron chi connectivity index (χ2n) is 8.73. The molecule has 2 amide bonds. The van der Waals surface area contributed by atoms with Crippen LogP contribution < -0.4 is 16.0 Å². The Hall–Kier alpha value is -3.03. The fourth-order valence-corrected chi connectivity index (χ4v) is 3.62. The fourth-order valence-electron chi connectivity index (χ4n) is 3.28. The number of nitrogens with zero attached hydrogens (tertiary/aromatic N) is 1. The Morgan fingerprint density at radius 2 is 1.65 bits per heavy atom. The number of carbonyl (C=O) groups is 2. The first-order valence-corrected chi connectivity index (χ1v) is 11.7. The molecule has 2 aromatic carbocycles. The molecule has 3 rings (SSSR count). The number of unbranched alkanes of at least 4 members (excludes halogenated alkanes) is 1.